The van der Waals surface area contributed by atoms with Gasteiger partial charge in [-0.1, -0.05) is 23.2 Å². The van der Waals surface area contributed by atoms with Gasteiger partial charge in [0.25, 0.3) is 5.91 Å². The van der Waals surface area contributed by atoms with Gasteiger partial charge in [-0.15, -0.1) is 0 Å². The van der Waals surface area contributed by atoms with E-state index in [-0.39, 0.29) is 5.91 Å². The third kappa shape index (κ3) is 5.65. The second-order valence-corrected chi connectivity index (χ2v) is 6.00. The van der Waals surface area contributed by atoms with Crippen LogP contribution in [0.4, 0.5) is 0 Å². The van der Waals surface area contributed by atoms with Crippen molar-refractivity contribution < 1.29 is 4.79 Å². The summed E-state index contributed by atoms with van der Waals surface area (Å²) in [5, 5.41) is 14.0. The highest BCUT2D eigenvalue weighted by atomic mass is 35.5. The summed E-state index contributed by atoms with van der Waals surface area (Å²) in [4.78, 5) is 16.2. The number of guanidine groups is 1. The van der Waals surface area contributed by atoms with E-state index >= 15 is 0 Å². The molecule has 0 saturated carbocycles. The first-order valence-electron chi connectivity index (χ1n) is 7.66. The van der Waals surface area contributed by atoms with Gasteiger partial charge in [-0.25, -0.2) is 0 Å². The number of benzene rings is 1. The normalized spacial score (nSPS) is 11.3. The number of nitrogens with one attached hydrogen (secondary N) is 3. The van der Waals surface area contributed by atoms with Crippen molar-refractivity contribution in [2.24, 2.45) is 12.0 Å². The van der Waals surface area contributed by atoms with Crippen molar-refractivity contribution in [1.82, 2.24) is 25.7 Å². The van der Waals surface area contributed by atoms with E-state index in [0.717, 1.165) is 5.69 Å². The Bertz CT molecular complexity index is 759. The summed E-state index contributed by atoms with van der Waals surface area (Å²) >= 11 is 11.8. The second kappa shape index (κ2) is 9.29. The summed E-state index contributed by atoms with van der Waals surface area (Å²) in [6.07, 6.45) is 1.74. The van der Waals surface area contributed by atoms with Gasteiger partial charge in [-0.3, -0.25) is 14.5 Å². The highest BCUT2D eigenvalue weighted by Crippen LogP contribution is 2.22. The van der Waals surface area contributed by atoms with Gasteiger partial charge in [0.2, 0.25) is 0 Å². The maximum Gasteiger partial charge on any atom is 0.251 e. The molecule has 0 fully saturated rings. The predicted octanol–water partition coefficient (Wildman–Crippen LogP) is 1.82. The molecule has 0 unspecified atom stereocenters. The number of rotatable bonds is 6. The van der Waals surface area contributed by atoms with Crippen LogP contribution >= 0.6 is 23.2 Å². The van der Waals surface area contributed by atoms with Crippen molar-refractivity contribution in [2.75, 3.05) is 20.1 Å². The minimum absolute atomic E-state index is 0.210. The molecule has 0 aliphatic heterocycles. The van der Waals surface area contributed by atoms with Crippen LogP contribution in [0.25, 0.3) is 0 Å². The van der Waals surface area contributed by atoms with E-state index in [2.05, 4.69) is 26.0 Å². The molecule has 3 N–H and O–H groups in total. The van der Waals surface area contributed by atoms with E-state index in [1.54, 1.807) is 36.1 Å². The third-order valence-corrected chi connectivity index (χ3v) is 4.21. The van der Waals surface area contributed by atoms with Gasteiger partial charge in [-0.05, 0) is 24.3 Å². The first-order chi connectivity index (χ1) is 12.0. The molecule has 1 heterocycles. The fraction of sp³-hybridized carbons (Fsp3) is 0.312. The smallest absolute Gasteiger partial charge is 0.251 e. The Balaban J connectivity index is 1.72. The molecule has 25 heavy (non-hydrogen) atoms. The van der Waals surface area contributed by atoms with Crippen LogP contribution < -0.4 is 16.0 Å². The zero-order chi connectivity index (χ0) is 18.2. The van der Waals surface area contributed by atoms with Gasteiger partial charge >= 0.3 is 0 Å². The number of carbonyl (C=O) groups excluding carboxylic acids is 1. The Morgan fingerprint density at radius 2 is 1.92 bits per heavy atom. The molecule has 2 aromatic rings. The molecular formula is C16H20Cl2N6O. The van der Waals surface area contributed by atoms with E-state index in [4.69, 9.17) is 23.2 Å². The molecule has 2 rings (SSSR count). The number of hydrogen-bond donors (Lipinski definition) is 3. The van der Waals surface area contributed by atoms with Crippen molar-refractivity contribution in [3.63, 3.8) is 0 Å². The molecule has 0 spiro atoms. The van der Waals surface area contributed by atoms with E-state index in [1.165, 1.54) is 0 Å². The van der Waals surface area contributed by atoms with Crippen LogP contribution in [0.2, 0.25) is 10.0 Å². The average molecular weight is 383 g/mol. The van der Waals surface area contributed by atoms with Crippen molar-refractivity contribution >= 4 is 35.1 Å². The topological polar surface area (TPSA) is 83.3 Å². The molecule has 134 valence electrons. The Morgan fingerprint density at radius 3 is 2.56 bits per heavy atom. The first-order valence-corrected chi connectivity index (χ1v) is 8.41. The SMILES string of the molecule is CN=C(NCCNC(=O)c1ccc(Cl)c(Cl)c1)NCc1ccnn1C. The van der Waals surface area contributed by atoms with Gasteiger partial charge in [0, 0.05) is 38.9 Å². The molecule has 1 amide bonds. The number of carbonyl (C=O) groups is 1. The Kier molecular flexibility index (Phi) is 7.09. The molecule has 0 radical (unpaired) electrons. The summed E-state index contributed by atoms with van der Waals surface area (Å²) in [6, 6.07) is 6.70. The van der Waals surface area contributed by atoms with Crippen LogP contribution in [0.15, 0.2) is 35.5 Å². The zero-order valence-electron chi connectivity index (χ0n) is 14.0. The standard InChI is InChI=1S/C16H20Cl2N6O/c1-19-16(22-10-12-5-6-23-24(12)2)21-8-7-20-15(25)11-3-4-13(17)14(18)9-11/h3-6,9H,7-8,10H2,1-2H3,(H,20,25)(H2,19,21,22). The summed E-state index contributed by atoms with van der Waals surface area (Å²) in [5.41, 5.74) is 1.50. The Morgan fingerprint density at radius 1 is 1.16 bits per heavy atom. The fourth-order valence-corrected chi connectivity index (χ4v) is 2.36. The van der Waals surface area contributed by atoms with Gasteiger partial charge in [0.1, 0.15) is 0 Å². The number of halogens is 2. The maximum absolute atomic E-state index is 12.0. The fourth-order valence-electron chi connectivity index (χ4n) is 2.07. The van der Waals surface area contributed by atoms with Crippen molar-refractivity contribution in [2.45, 2.75) is 6.54 Å². The highest BCUT2D eigenvalue weighted by molar-refractivity contribution is 6.42. The summed E-state index contributed by atoms with van der Waals surface area (Å²) in [5.74, 6) is 0.434. The molecule has 1 aromatic heterocycles. The zero-order valence-corrected chi connectivity index (χ0v) is 15.5. The van der Waals surface area contributed by atoms with Gasteiger partial charge in [0.15, 0.2) is 5.96 Å². The number of aliphatic imine (C=N–C) groups is 1. The summed E-state index contributed by atoms with van der Waals surface area (Å²) < 4.78 is 1.79. The minimum atomic E-state index is -0.210. The van der Waals surface area contributed by atoms with Crippen LogP contribution in [0.1, 0.15) is 16.1 Å². The minimum Gasteiger partial charge on any atom is -0.355 e. The van der Waals surface area contributed by atoms with Gasteiger partial charge in [0.05, 0.1) is 22.3 Å². The van der Waals surface area contributed by atoms with E-state index in [1.807, 2.05) is 13.1 Å². The molecule has 0 saturated heterocycles. The van der Waals surface area contributed by atoms with Crippen molar-refractivity contribution in [1.29, 1.82) is 0 Å². The number of nitrogens with zero attached hydrogens (tertiary/aromatic N) is 3. The molecule has 9 heteroatoms. The highest BCUT2D eigenvalue weighted by Gasteiger charge is 2.07. The van der Waals surface area contributed by atoms with Crippen LogP contribution in [-0.4, -0.2) is 41.8 Å². The summed E-state index contributed by atoms with van der Waals surface area (Å²) in [7, 11) is 3.57. The van der Waals surface area contributed by atoms with Crippen LogP contribution in [0.5, 0.6) is 0 Å². The number of hydrogen-bond acceptors (Lipinski definition) is 3. The molecule has 0 aliphatic rings. The summed E-state index contributed by atoms with van der Waals surface area (Å²) in [6.45, 7) is 1.56. The Labute approximate surface area is 156 Å². The largest absolute Gasteiger partial charge is 0.355 e. The lowest BCUT2D eigenvalue weighted by Crippen LogP contribution is -2.41. The van der Waals surface area contributed by atoms with Crippen molar-refractivity contribution in [3.05, 3.63) is 51.8 Å². The van der Waals surface area contributed by atoms with E-state index < -0.39 is 0 Å². The lowest BCUT2D eigenvalue weighted by molar-refractivity contribution is 0.0954. The molecule has 0 aliphatic carbocycles. The van der Waals surface area contributed by atoms with Crippen LogP contribution in [0.3, 0.4) is 0 Å². The monoisotopic (exact) mass is 382 g/mol. The van der Waals surface area contributed by atoms with E-state index in [9.17, 15) is 4.79 Å². The number of aryl methyl sites for hydroxylation is 1. The first kappa shape index (κ1) is 19.1. The lowest BCUT2D eigenvalue weighted by atomic mass is 10.2. The number of aromatic nitrogens is 2. The lowest BCUT2D eigenvalue weighted by Gasteiger charge is -2.12. The second-order valence-electron chi connectivity index (χ2n) is 5.18. The molecule has 0 atom stereocenters. The van der Waals surface area contributed by atoms with Crippen molar-refractivity contribution in [3.8, 4) is 0 Å². The molecule has 7 nitrogen and oxygen atoms in total. The van der Waals surface area contributed by atoms with Gasteiger partial charge in [-0.2, -0.15) is 5.10 Å². The van der Waals surface area contributed by atoms with E-state index in [0.29, 0.717) is 41.2 Å². The quantitative estimate of drug-likeness (QED) is 0.404. The molecule has 1 aromatic carbocycles. The Hall–Kier alpha value is -2.25. The van der Waals surface area contributed by atoms with Crippen LogP contribution in [0, 0.1) is 0 Å². The molecule has 0 bridgehead atoms. The van der Waals surface area contributed by atoms with Crippen LogP contribution in [-0.2, 0) is 13.6 Å². The predicted molar refractivity (Wildman–Crippen MR) is 100 cm³/mol. The molecular weight excluding hydrogens is 363 g/mol. The average Bonchev–Trinajstić information content (AvgIpc) is 3.01. The number of amides is 1. The maximum atomic E-state index is 12.0. The third-order valence-electron chi connectivity index (χ3n) is 3.47. The van der Waals surface area contributed by atoms with Gasteiger partial charge < -0.3 is 16.0 Å².